The van der Waals surface area contributed by atoms with Crippen molar-refractivity contribution >= 4 is 12.0 Å². The number of fused-ring (bicyclic) bond motifs is 4. The van der Waals surface area contributed by atoms with Gasteiger partial charge < -0.3 is 24.1 Å². The summed E-state index contributed by atoms with van der Waals surface area (Å²) in [5.41, 5.74) is 2.12. The lowest BCUT2D eigenvalue weighted by molar-refractivity contribution is -0.127. The number of rotatable bonds is 9. The molecule has 3 aliphatic heterocycles. The van der Waals surface area contributed by atoms with E-state index in [-0.39, 0.29) is 36.1 Å². The van der Waals surface area contributed by atoms with E-state index < -0.39 is 5.92 Å². The third-order valence-corrected chi connectivity index (χ3v) is 7.73. The average Bonchev–Trinajstić information content (AvgIpc) is 3.48. The highest BCUT2D eigenvalue weighted by atomic mass is 16.5. The van der Waals surface area contributed by atoms with Gasteiger partial charge in [-0.2, -0.15) is 0 Å². The van der Waals surface area contributed by atoms with E-state index in [1.807, 2.05) is 31.2 Å². The third-order valence-electron chi connectivity index (χ3n) is 7.73. The number of carbonyl (C=O) groups excluding carboxylic acids is 1. The highest BCUT2D eigenvalue weighted by molar-refractivity contribution is 5.80. The molecular weight excluding hydrogens is 462 g/mol. The number of nitrogens with one attached hydrogen (secondary N) is 1. The summed E-state index contributed by atoms with van der Waals surface area (Å²) >= 11 is 0. The Hall–Kier alpha value is -2.79. The fraction of sp³-hybridized carbons (Fsp3) is 0.577. The summed E-state index contributed by atoms with van der Waals surface area (Å²) in [6.45, 7) is 7.48. The SMILES string of the molecule is C/C=C/c1ccc2n(c1=O)C[C@H]1[C@H](CO)[C@@H](C(=O)NCCCN3CCOCC3)[C@@H]2N1Cc1cocn1. The van der Waals surface area contributed by atoms with Crippen LogP contribution in [0.1, 0.15) is 36.3 Å². The summed E-state index contributed by atoms with van der Waals surface area (Å²) in [5, 5.41) is 13.6. The molecule has 5 rings (SSSR count). The lowest BCUT2D eigenvalue weighted by Gasteiger charge is -2.37. The van der Waals surface area contributed by atoms with Gasteiger partial charge in [0.05, 0.1) is 30.9 Å². The van der Waals surface area contributed by atoms with Crippen molar-refractivity contribution in [3.05, 3.63) is 58.2 Å². The maximum absolute atomic E-state index is 13.6. The van der Waals surface area contributed by atoms with E-state index in [1.54, 1.807) is 10.8 Å². The molecule has 2 bridgehead atoms. The number of morpholine rings is 1. The molecule has 2 N–H and O–H groups in total. The zero-order valence-electron chi connectivity index (χ0n) is 20.7. The van der Waals surface area contributed by atoms with Gasteiger partial charge in [0.25, 0.3) is 5.56 Å². The molecular formula is C26H35N5O5. The van der Waals surface area contributed by atoms with Crippen molar-refractivity contribution in [2.75, 3.05) is 46.0 Å². The fourth-order valence-corrected chi connectivity index (χ4v) is 6.02. The Bertz CT molecular complexity index is 1120. The van der Waals surface area contributed by atoms with Gasteiger partial charge in [0.1, 0.15) is 6.26 Å². The summed E-state index contributed by atoms with van der Waals surface area (Å²) in [5.74, 6) is -0.853. The molecule has 36 heavy (non-hydrogen) atoms. The van der Waals surface area contributed by atoms with E-state index in [4.69, 9.17) is 9.15 Å². The van der Waals surface area contributed by atoms with Gasteiger partial charge in [0.2, 0.25) is 5.91 Å². The Morgan fingerprint density at radius 2 is 2.14 bits per heavy atom. The first-order chi connectivity index (χ1) is 17.6. The van der Waals surface area contributed by atoms with E-state index in [9.17, 15) is 14.7 Å². The normalized spacial score (nSPS) is 26.4. The first-order valence-corrected chi connectivity index (χ1v) is 12.8. The minimum absolute atomic E-state index is 0.0649. The van der Waals surface area contributed by atoms with Crippen LogP contribution in [0.2, 0.25) is 0 Å². The summed E-state index contributed by atoms with van der Waals surface area (Å²) in [4.78, 5) is 35.7. The molecule has 1 amide bonds. The van der Waals surface area contributed by atoms with Crippen molar-refractivity contribution in [2.45, 2.75) is 38.5 Å². The molecule has 194 valence electrons. The Kier molecular flexibility index (Phi) is 7.66. The summed E-state index contributed by atoms with van der Waals surface area (Å²) < 4.78 is 12.4. The minimum atomic E-state index is -0.476. The van der Waals surface area contributed by atoms with Crippen molar-refractivity contribution in [3.63, 3.8) is 0 Å². The number of aromatic nitrogens is 2. The molecule has 2 aromatic heterocycles. The number of aliphatic hydroxyl groups is 1. The summed E-state index contributed by atoms with van der Waals surface area (Å²) in [6, 6.07) is 3.26. The average molecular weight is 498 g/mol. The second-order valence-corrected chi connectivity index (χ2v) is 9.76. The van der Waals surface area contributed by atoms with Crippen LogP contribution >= 0.6 is 0 Å². The van der Waals surface area contributed by atoms with Crippen molar-refractivity contribution in [3.8, 4) is 0 Å². The van der Waals surface area contributed by atoms with E-state index in [2.05, 4.69) is 20.1 Å². The van der Waals surface area contributed by atoms with Gasteiger partial charge in [0, 0.05) is 62.5 Å². The van der Waals surface area contributed by atoms with Crippen LogP contribution in [0.15, 0.2) is 40.1 Å². The standard InChI is InChI=1S/C26H35N5O5/c1-2-4-18-5-6-21-24-23(25(33)27-7-3-8-29-9-11-35-12-10-29)20(15-32)22(14-31(21)26(18)34)30(24)13-19-16-36-17-28-19/h2,4-6,16-17,20,22-24,32H,3,7-15H2,1H3,(H,27,33)/b4-2+/t20-,22-,23+,24+/m0/s1. The second kappa shape index (κ2) is 11.1. The molecule has 10 heteroatoms. The van der Waals surface area contributed by atoms with Gasteiger partial charge in [-0.05, 0) is 32.0 Å². The third kappa shape index (κ3) is 4.78. The molecule has 5 heterocycles. The predicted molar refractivity (Wildman–Crippen MR) is 133 cm³/mol. The van der Waals surface area contributed by atoms with Gasteiger partial charge >= 0.3 is 0 Å². The zero-order chi connectivity index (χ0) is 25.1. The van der Waals surface area contributed by atoms with Crippen LogP contribution in [0.3, 0.4) is 0 Å². The lowest BCUT2D eigenvalue weighted by atomic mass is 9.86. The molecule has 0 unspecified atom stereocenters. The van der Waals surface area contributed by atoms with E-state index in [0.717, 1.165) is 50.7 Å². The highest BCUT2D eigenvalue weighted by Gasteiger charge is 2.55. The number of amides is 1. The van der Waals surface area contributed by atoms with Crippen LogP contribution in [0.25, 0.3) is 6.08 Å². The summed E-state index contributed by atoms with van der Waals surface area (Å²) in [7, 11) is 0. The molecule has 2 fully saturated rings. The Morgan fingerprint density at radius 1 is 1.31 bits per heavy atom. The number of hydrogen-bond donors (Lipinski definition) is 2. The highest BCUT2D eigenvalue weighted by Crippen LogP contribution is 2.48. The number of oxazole rings is 1. The van der Waals surface area contributed by atoms with Crippen molar-refractivity contribution in [2.24, 2.45) is 11.8 Å². The smallest absolute Gasteiger partial charge is 0.258 e. The maximum Gasteiger partial charge on any atom is 0.258 e. The number of ether oxygens (including phenoxy) is 1. The molecule has 0 aliphatic carbocycles. The molecule has 2 saturated heterocycles. The molecule has 0 aromatic carbocycles. The number of pyridine rings is 1. The topological polar surface area (TPSA) is 113 Å². The van der Waals surface area contributed by atoms with Gasteiger partial charge in [-0.25, -0.2) is 4.98 Å². The number of carbonyl (C=O) groups is 1. The lowest BCUT2D eigenvalue weighted by Crippen LogP contribution is -2.46. The number of aliphatic hydroxyl groups excluding tert-OH is 1. The molecule has 0 spiro atoms. The quantitative estimate of drug-likeness (QED) is 0.491. The van der Waals surface area contributed by atoms with Crippen LogP contribution < -0.4 is 10.9 Å². The van der Waals surface area contributed by atoms with Crippen molar-refractivity contribution in [1.82, 2.24) is 24.7 Å². The number of allylic oxidation sites excluding steroid dienone is 1. The monoisotopic (exact) mass is 497 g/mol. The minimum Gasteiger partial charge on any atom is -0.451 e. The van der Waals surface area contributed by atoms with Crippen LogP contribution in [0, 0.1) is 11.8 Å². The van der Waals surface area contributed by atoms with Gasteiger partial charge in [-0.15, -0.1) is 0 Å². The number of nitrogens with zero attached hydrogens (tertiary/aromatic N) is 4. The van der Waals surface area contributed by atoms with Gasteiger partial charge in [0.15, 0.2) is 6.39 Å². The first kappa shape index (κ1) is 24.9. The molecule has 4 atom stereocenters. The molecule has 2 aromatic rings. The van der Waals surface area contributed by atoms with Crippen LogP contribution in [-0.4, -0.2) is 82.4 Å². The second-order valence-electron chi connectivity index (χ2n) is 9.76. The Labute approximate surface area is 210 Å². The van der Waals surface area contributed by atoms with Gasteiger partial charge in [-0.1, -0.05) is 12.2 Å². The van der Waals surface area contributed by atoms with Crippen LogP contribution in [0.4, 0.5) is 0 Å². The Balaban J connectivity index is 1.39. The Morgan fingerprint density at radius 3 is 2.86 bits per heavy atom. The zero-order valence-corrected chi connectivity index (χ0v) is 20.7. The fourth-order valence-electron chi connectivity index (χ4n) is 6.02. The van der Waals surface area contributed by atoms with E-state index in [1.165, 1.54) is 6.39 Å². The van der Waals surface area contributed by atoms with E-state index >= 15 is 0 Å². The van der Waals surface area contributed by atoms with Gasteiger partial charge in [-0.3, -0.25) is 19.4 Å². The van der Waals surface area contributed by atoms with E-state index in [0.29, 0.717) is 25.2 Å². The summed E-state index contributed by atoms with van der Waals surface area (Å²) in [6.07, 6.45) is 7.50. The van der Waals surface area contributed by atoms with Crippen LogP contribution in [-0.2, 0) is 22.6 Å². The largest absolute Gasteiger partial charge is 0.451 e. The van der Waals surface area contributed by atoms with Crippen molar-refractivity contribution < 1.29 is 19.1 Å². The molecule has 0 radical (unpaired) electrons. The molecule has 10 nitrogen and oxygen atoms in total. The number of hydrogen-bond acceptors (Lipinski definition) is 8. The predicted octanol–water partition coefficient (Wildman–Crippen LogP) is 0.872. The van der Waals surface area contributed by atoms with Crippen molar-refractivity contribution in [1.29, 1.82) is 0 Å². The molecule has 0 saturated carbocycles. The first-order valence-electron chi connectivity index (χ1n) is 12.8. The maximum atomic E-state index is 13.6. The van der Waals surface area contributed by atoms with Crippen LogP contribution in [0.5, 0.6) is 0 Å². The molecule has 3 aliphatic rings.